The van der Waals surface area contributed by atoms with Crippen LogP contribution in [0.1, 0.15) is 31.4 Å². The molecule has 6 rings (SSSR count). The Morgan fingerprint density at radius 3 is 2.49 bits per heavy atom. The van der Waals surface area contributed by atoms with Crippen LogP contribution in [-0.4, -0.2) is 47.1 Å². The monoisotopic (exact) mass is 581 g/mol. The molecule has 0 atom stereocenters. The van der Waals surface area contributed by atoms with E-state index < -0.39 is 68.1 Å². The Morgan fingerprint density at radius 1 is 1.15 bits per heavy atom. The molecule has 9 nitrogen and oxygen atoms in total. The normalized spacial score (nSPS) is 23.2. The van der Waals surface area contributed by atoms with Crippen molar-refractivity contribution in [2.45, 2.75) is 48.5 Å². The van der Waals surface area contributed by atoms with Gasteiger partial charge in [0.15, 0.2) is 17.2 Å². The van der Waals surface area contributed by atoms with Gasteiger partial charge in [0.2, 0.25) is 10.0 Å². The van der Waals surface area contributed by atoms with Crippen molar-refractivity contribution in [2.24, 2.45) is 5.41 Å². The fraction of sp³-hybridized carbons (Fsp3) is 0.409. The third kappa shape index (κ3) is 4.77. The van der Waals surface area contributed by atoms with Crippen molar-refractivity contribution < 1.29 is 48.7 Å². The maximum absolute atomic E-state index is 14.7. The molecule has 0 aliphatic heterocycles. The summed E-state index contributed by atoms with van der Waals surface area (Å²) in [5.41, 5.74) is 2.24. The summed E-state index contributed by atoms with van der Waals surface area (Å²) in [6.07, 6.45) is -7.59. The summed E-state index contributed by atoms with van der Waals surface area (Å²) in [4.78, 5) is 17.4. The number of aromatic nitrogens is 3. The molecule has 3 aliphatic carbocycles. The number of anilines is 1. The van der Waals surface area contributed by atoms with Crippen LogP contribution in [0.3, 0.4) is 0 Å². The zero-order valence-electron chi connectivity index (χ0n) is 19.5. The predicted octanol–water partition coefficient (Wildman–Crippen LogP) is 3.83. The molecule has 3 saturated carbocycles. The summed E-state index contributed by atoms with van der Waals surface area (Å²) in [5.74, 6) is -4.01. The zero-order chi connectivity index (χ0) is 28.6. The van der Waals surface area contributed by atoms with Gasteiger partial charge in [0.1, 0.15) is 10.7 Å². The smallest absolute Gasteiger partial charge is 0.458 e. The molecular weight excluding hydrogens is 563 g/mol. The quantitative estimate of drug-likeness (QED) is 0.335. The first-order valence-corrected chi connectivity index (χ1v) is 12.7. The topological polar surface area (TPSA) is 129 Å². The number of halogens is 7. The lowest BCUT2D eigenvalue weighted by Gasteiger charge is -2.47. The van der Waals surface area contributed by atoms with Gasteiger partial charge in [-0.25, -0.2) is 32.3 Å². The molecule has 210 valence electrons. The van der Waals surface area contributed by atoms with E-state index in [1.165, 1.54) is 0 Å². The van der Waals surface area contributed by atoms with Gasteiger partial charge in [-0.2, -0.15) is 26.3 Å². The number of alkyl halides is 6. The number of esters is 1. The summed E-state index contributed by atoms with van der Waals surface area (Å²) < 4.78 is 126. The molecule has 0 radical (unpaired) electrons. The van der Waals surface area contributed by atoms with Gasteiger partial charge in [-0.3, -0.25) is 4.40 Å². The van der Waals surface area contributed by atoms with Crippen LogP contribution >= 0.6 is 0 Å². The maximum Gasteiger partial charge on any atom is 0.490 e. The largest absolute Gasteiger partial charge is 0.490 e. The van der Waals surface area contributed by atoms with Crippen LogP contribution in [0.25, 0.3) is 16.9 Å². The molecule has 3 aliphatic rings. The first kappa shape index (κ1) is 27.1. The lowest BCUT2D eigenvalue weighted by Crippen LogP contribution is -2.57. The van der Waals surface area contributed by atoms with Gasteiger partial charge < -0.3 is 10.5 Å². The molecule has 0 unspecified atom stereocenters. The number of nitrogen functional groups attached to an aromatic ring is 1. The number of hydrogen-bond donors (Lipinski definition) is 2. The second-order valence-electron chi connectivity index (χ2n) is 9.80. The Balaban J connectivity index is 1.40. The van der Waals surface area contributed by atoms with Crippen LogP contribution in [0.2, 0.25) is 0 Å². The third-order valence-electron chi connectivity index (χ3n) is 6.98. The van der Waals surface area contributed by atoms with E-state index in [-0.39, 0.29) is 42.6 Å². The predicted molar refractivity (Wildman–Crippen MR) is 119 cm³/mol. The Morgan fingerprint density at radius 2 is 1.85 bits per heavy atom. The van der Waals surface area contributed by atoms with E-state index in [0.717, 1.165) is 28.8 Å². The van der Waals surface area contributed by atoms with Crippen LogP contribution < -0.4 is 10.5 Å². The second-order valence-corrected chi connectivity index (χ2v) is 11.5. The van der Waals surface area contributed by atoms with E-state index in [9.17, 15) is 43.9 Å². The zero-order valence-corrected chi connectivity index (χ0v) is 20.3. The van der Waals surface area contributed by atoms with E-state index in [2.05, 4.69) is 19.4 Å². The highest BCUT2D eigenvalue weighted by molar-refractivity contribution is 7.89. The molecule has 17 heteroatoms. The number of nitrogens with zero attached hydrogens (tertiary/aromatic N) is 3. The molecule has 2 heterocycles. The van der Waals surface area contributed by atoms with E-state index in [1.54, 1.807) is 0 Å². The van der Waals surface area contributed by atoms with Gasteiger partial charge in [0.05, 0.1) is 18.5 Å². The van der Waals surface area contributed by atoms with Crippen LogP contribution in [0.5, 0.6) is 0 Å². The highest BCUT2D eigenvalue weighted by atomic mass is 32.2. The Hall–Kier alpha value is -3.47. The highest BCUT2D eigenvalue weighted by Gasteiger charge is 2.63. The summed E-state index contributed by atoms with van der Waals surface area (Å²) in [6, 6.07) is 2.90. The fourth-order valence-electron chi connectivity index (χ4n) is 5.41. The lowest BCUT2D eigenvalue weighted by molar-refractivity contribution is -0.204. The minimum atomic E-state index is -5.16. The van der Waals surface area contributed by atoms with E-state index in [4.69, 9.17) is 5.73 Å². The molecule has 3 aromatic rings. The van der Waals surface area contributed by atoms with Crippen LogP contribution in [0, 0.1) is 11.2 Å². The summed E-state index contributed by atoms with van der Waals surface area (Å²) in [6.45, 7) is -0.537. The van der Waals surface area contributed by atoms with Crippen LogP contribution in [-0.2, 0) is 25.7 Å². The van der Waals surface area contributed by atoms with Crippen molar-refractivity contribution in [3.8, 4) is 11.3 Å². The van der Waals surface area contributed by atoms with E-state index in [1.807, 2.05) is 0 Å². The van der Waals surface area contributed by atoms with Crippen LogP contribution in [0.15, 0.2) is 35.5 Å². The Bertz CT molecular complexity index is 1590. The van der Waals surface area contributed by atoms with E-state index in [0.29, 0.717) is 6.20 Å². The molecular formula is C22H18F7N5O4S. The Kier molecular flexibility index (Phi) is 5.92. The van der Waals surface area contributed by atoms with Gasteiger partial charge in [0.25, 0.3) is 0 Å². The fourth-order valence-corrected chi connectivity index (χ4v) is 6.94. The number of sulfonamides is 1. The molecule has 3 N–H and O–H groups in total. The van der Waals surface area contributed by atoms with Crippen molar-refractivity contribution >= 4 is 27.5 Å². The number of ether oxygens (including phenoxy) is 1. The minimum Gasteiger partial charge on any atom is -0.458 e. The minimum absolute atomic E-state index is 0.00828. The molecule has 39 heavy (non-hydrogen) atoms. The number of carbonyl (C=O) groups is 1. The number of fused-ring (bicyclic) bond motifs is 2. The summed E-state index contributed by atoms with van der Waals surface area (Å²) in [7, 11) is -4.54. The number of carbonyl (C=O) groups excluding carboxylic acids is 1. The first-order chi connectivity index (χ1) is 17.9. The van der Waals surface area contributed by atoms with Gasteiger partial charge >= 0.3 is 18.3 Å². The first-order valence-electron chi connectivity index (χ1n) is 11.2. The Labute approximate surface area is 215 Å². The van der Waals surface area contributed by atoms with E-state index >= 15 is 0 Å². The van der Waals surface area contributed by atoms with Crippen molar-refractivity contribution in [3.05, 3.63) is 42.1 Å². The third-order valence-corrected chi connectivity index (χ3v) is 8.57. The highest BCUT2D eigenvalue weighted by Crippen LogP contribution is 2.62. The summed E-state index contributed by atoms with van der Waals surface area (Å²) >= 11 is 0. The molecule has 3 fully saturated rings. The number of nitrogens with one attached hydrogen (secondary N) is 1. The average Bonchev–Trinajstić information content (AvgIpc) is 3.48. The standard InChI is InChI=1S/C22H18F7N5O4S/c23-12-2-1-11(13-6-31-17-16(30)32-15(7-34(13)17)21(24,25)26)5-14(12)39(36,37)33-20-4-3-19(8-20,9-20)10-38-18(35)22(27,28)29/h1-2,5-7,33H,3-4,8-10H2,(H2,30,32). The average molecular weight is 581 g/mol. The summed E-state index contributed by atoms with van der Waals surface area (Å²) in [5, 5.41) is 0. The van der Waals surface area contributed by atoms with Crippen molar-refractivity contribution in [2.75, 3.05) is 12.3 Å². The molecule has 0 amide bonds. The number of rotatable bonds is 6. The lowest BCUT2D eigenvalue weighted by atomic mass is 9.66. The van der Waals surface area contributed by atoms with Crippen LogP contribution in [0.4, 0.5) is 36.6 Å². The maximum atomic E-state index is 14.7. The molecule has 0 spiro atoms. The SMILES string of the molecule is Nc1nc(C(F)(F)F)cn2c(-c3ccc(F)c(S(=O)(=O)NC45CCC(COC(=O)C(F)(F)F)(C4)C5)c3)cnc12. The van der Waals surface area contributed by atoms with Crippen molar-refractivity contribution in [1.29, 1.82) is 0 Å². The van der Waals surface area contributed by atoms with Gasteiger partial charge in [-0.05, 0) is 43.9 Å². The second kappa shape index (κ2) is 8.51. The number of hydrogen-bond acceptors (Lipinski definition) is 7. The molecule has 1 aromatic carbocycles. The van der Waals surface area contributed by atoms with Crippen molar-refractivity contribution in [1.82, 2.24) is 19.1 Å². The van der Waals surface area contributed by atoms with Gasteiger partial charge in [-0.1, -0.05) is 0 Å². The molecule has 2 bridgehead atoms. The molecule has 2 aromatic heterocycles. The number of imidazole rings is 1. The number of benzene rings is 1. The van der Waals surface area contributed by atoms with Gasteiger partial charge in [0, 0.05) is 22.7 Å². The molecule has 0 saturated heterocycles. The van der Waals surface area contributed by atoms with Gasteiger partial charge in [-0.15, -0.1) is 0 Å². The van der Waals surface area contributed by atoms with Crippen molar-refractivity contribution in [3.63, 3.8) is 0 Å². The number of nitrogens with two attached hydrogens (primary N) is 1.